The number of halogens is 1. The second-order valence-electron chi connectivity index (χ2n) is 7.07. The van der Waals surface area contributed by atoms with E-state index in [2.05, 4.69) is 20.8 Å². The highest BCUT2D eigenvalue weighted by atomic mass is 35.5. The Balaban J connectivity index is 1.66. The van der Waals surface area contributed by atoms with Crippen LogP contribution in [0.25, 0.3) is 5.69 Å². The summed E-state index contributed by atoms with van der Waals surface area (Å²) in [5.41, 5.74) is 8.14. The van der Waals surface area contributed by atoms with Gasteiger partial charge >= 0.3 is 0 Å². The predicted molar refractivity (Wildman–Crippen MR) is 113 cm³/mol. The lowest BCUT2D eigenvalue weighted by atomic mass is 9.87. The number of hydrogen-bond donors (Lipinski definition) is 2. The first kappa shape index (κ1) is 21.4. The minimum atomic E-state index is -0.568. The second kappa shape index (κ2) is 9.98. The summed E-state index contributed by atoms with van der Waals surface area (Å²) >= 11 is 6.11. The van der Waals surface area contributed by atoms with Crippen molar-refractivity contribution >= 4 is 23.4 Å². The molecule has 9 heteroatoms. The van der Waals surface area contributed by atoms with E-state index < -0.39 is 17.7 Å². The molecule has 2 amide bonds. The first-order valence-corrected chi connectivity index (χ1v) is 9.96. The van der Waals surface area contributed by atoms with Gasteiger partial charge in [0.15, 0.2) is 0 Å². The van der Waals surface area contributed by atoms with E-state index in [-0.39, 0.29) is 12.5 Å². The van der Waals surface area contributed by atoms with E-state index in [1.807, 2.05) is 30.3 Å². The molecule has 2 aromatic carbocycles. The van der Waals surface area contributed by atoms with Gasteiger partial charge in [0.05, 0.1) is 5.69 Å². The number of aromatic nitrogens is 4. The number of nitrogens with one attached hydrogen (secondary N) is 1. The van der Waals surface area contributed by atoms with Gasteiger partial charge in [-0.15, -0.1) is 5.10 Å². The van der Waals surface area contributed by atoms with Crippen molar-refractivity contribution in [1.82, 2.24) is 25.5 Å². The summed E-state index contributed by atoms with van der Waals surface area (Å²) in [5.74, 6) is -1.87. The highest BCUT2D eigenvalue weighted by Crippen LogP contribution is 2.21. The third-order valence-corrected chi connectivity index (χ3v) is 5.29. The van der Waals surface area contributed by atoms with Crippen molar-refractivity contribution in [3.8, 4) is 5.69 Å². The van der Waals surface area contributed by atoms with Crippen molar-refractivity contribution in [2.45, 2.75) is 26.3 Å². The SMILES string of the molecule is C[C@H](C(=O)NCc1cc(Cl)ccc1-n1cnnn1)C(CCc1ccccc1)C(N)=O. The van der Waals surface area contributed by atoms with E-state index in [4.69, 9.17) is 17.3 Å². The molecule has 0 aliphatic heterocycles. The smallest absolute Gasteiger partial charge is 0.223 e. The summed E-state index contributed by atoms with van der Waals surface area (Å²) in [6.07, 6.45) is 2.63. The summed E-state index contributed by atoms with van der Waals surface area (Å²) in [7, 11) is 0. The largest absolute Gasteiger partial charge is 0.369 e. The molecule has 0 aliphatic rings. The van der Waals surface area contributed by atoms with Crippen LogP contribution in [-0.4, -0.2) is 32.0 Å². The van der Waals surface area contributed by atoms with Crippen LogP contribution >= 0.6 is 11.6 Å². The summed E-state index contributed by atoms with van der Waals surface area (Å²) in [6.45, 7) is 1.93. The maximum absolute atomic E-state index is 12.8. The van der Waals surface area contributed by atoms with E-state index in [0.29, 0.717) is 23.6 Å². The summed E-state index contributed by atoms with van der Waals surface area (Å²) in [6, 6.07) is 15.0. The van der Waals surface area contributed by atoms with E-state index in [1.165, 1.54) is 11.0 Å². The van der Waals surface area contributed by atoms with Gasteiger partial charge in [-0.05, 0) is 52.6 Å². The molecule has 0 saturated carbocycles. The Morgan fingerprint density at radius 3 is 2.63 bits per heavy atom. The van der Waals surface area contributed by atoms with Gasteiger partial charge in [-0.2, -0.15) is 0 Å². The molecular formula is C21H23ClN6O2. The molecular weight excluding hydrogens is 404 g/mol. The zero-order chi connectivity index (χ0) is 21.5. The molecule has 0 bridgehead atoms. The molecule has 3 rings (SSSR count). The molecule has 1 heterocycles. The van der Waals surface area contributed by atoms with E-state index in [9.17, 15) is 9.59 Å². The van der Waals surface area contributed by atoms with Gasteiger partial charge in [0.1, 0.15) is 6.33 Å². The summed E-state index contributed by atoms with van der Waals surface area (Å²) in [5, 5.41) is 14.6. The number of benzene rings is 2. The van der Waals surface area contributed by atoms with Crippen LogP contribution in [0.15, 0.2) is 54.9 Å². The third kappa shape index (κ3) is 5.42. The van der Waals surface area contributed by atoms with Crippen molar-refractivity contribution in [2.75, 3.05) is 0 Å². The zero-order valence-electron chi connectivity index (χ0n) is 16.5. The Hall–Kier alpha value is -3.26. The molecule has 30 heavy (non-hydrogen) atoms. The summed E-state index contributed by atoms with van der Waals surface area (Å²) in [4.78, 5) is 24.8. The normalized spacial score (nSPS) is 12.9. The fourth-order valence-corrected chi connectivity index (χ4v) is 3.52. The van der Waals surface area contributed by atoms with Gasteiger partial charge in [0.2, 0.25) is 11.8 Å². The quantitative estimate of drug-likeness (QED) is 0.544. The number of nitrogens with zero attached hydrogens (tertiary/aromatic N) is 4. The van der Waals surface area contributed by atoms with Crippen molar-refractivity contribution in [3.05, 3.63) is 71.0 Å². The lowest BCUT2D eigenvalue weighted by molar-refractivity contribution is -0.133. The van der Waals surface area contributed by atoms with E-state index >= 15 is 0 Å². The lowest BCUT2D eigenvalue weighted by Gasteiger charge is -2.21. The van der Waals surface area contributed by atoms with Crippen molar-refractivity contribution in [1.29, 1.82) is 0 Å². The standard InChI is InChI=1S/C21H23ClN6O2/c1-14(18(20(23)29)9-7-15-5-3-2-4-6-15)21(30)24-12-16-11-17(22)8-10-19(16)28-13-25-26-27-28/h2-6,8,10-11,13-14,18H,7,9,12H2,1H3,(H2,23,29)(H,24,30)/t14-,18?/m0/s1. The fraction of sp³-hybridized carbons (Fsp3) is 0.286. The van der Waals surface area contributed by atoms with Gasteiger partial charge < -0.3 is 11.1 Å². The molecule has 3 N–H and O–H groups in total. The summed E-state index contributed by atoms with van der Waals surface area (Å²) < 4.78 is 1.49. The third-order valence-electron chi connectivity index (χ3n) is 5.06. The average Bonchev–Trinajstić information content (AvgIpc) is 3.27. The molecule has 8 nitrogen and oxygen atoms in total. The number of nitrogens with two attached hydrogens (primary N) is 1. The van der Waals surface area contributed by atoms with E-state index in [0.717, 1.165) is 11.1 Å². The highest BCUT2D eigenvalue weighted by Gasteiger charge is 2.28. The maximum Gasteiger partial charge on any atom is 0.223 e. The second-order valence-corrected chi connectivity index (χ2v) is 7.50. The molecule has 1 unspecified atom stereocenters. The Bertz CT molecular complexity index is 994. The molecule has 1 aromatic heterocycles. The number of amides is 2. The average molecular weight is 427 g/mol. The van der Waals surface area contributed by atoms with Crippen LogP contribution in [0.3, 0.4) is 0 Å². The highest BCUT2D eigenvalue weighted by molar-refractivity contribution is 6.30. The van der Waals surface area contributed by atoms with Gasteiger partial charge in [-0.3, -0.25) is 9.59 Å². The lowest BCUT2D eigenvalue weighted by Crippen LogP contribution is -2.39. The molecule has 0 saturated heterocycles. The minimum Gasteiger partial charge on any atom is -0.369 e. The Kier molecular flexibility index (Phi) is 7.13. The molecule has 0 fully saturated rings. The number of primary amides is 1. The monoisotopic (exact) mass is 426 g/mol. The van der Waals surface area contributed by atoms with Gasteiger partial charge in [-0.25, -0.2) is 4.68 Å². The number of hydrogen-bond acceptors (Lipinski definition) is 5. The zero-order valence-corrected chi connectivity index (χ0v) is 17.3. The topological polar surface area (TPSA) is 116 Å². The Labute approximate surface area is 179 Å². The number of tetrazole rings is 1. The number of aryl methyl sites for hydroxylation is 1. The van der Waals surface area contributed by atoms with Crippen LogP contribution in [0.5, 0.6) is 0 Å². The van der Waals surface area contributed by atoms with Crippen molar-refractivity contribution in [2.24, 2.45) is 17.6 Å². The van der Waals surface area contributed by atoms with Gasteiger partial charge in [0.25, 0.3) is 0 Å². The van der Waals surface area contributed by atoms with Crippen LogP contribution < -0.4 is 11.1 Å². The molecule has 156 valence electrons. The van der Waals surface area contributed by atoms with Crippen LogP contribution in [0.4, 0.5) is 0 Å². The molecule has 0 radical (unpaired) electrons. The Morgan fingerprint density at radius 1 is 1.20 bits per heavy atom. The number of carbonyl (C=O) groups excluding carboxylic acids is 2. The predicted octanol–water partition coefficient (Wildman–Crippen LogP) is 2.30. The van der Waals surface area contributed by atoms with E-state index in [1.54, 1.807) is 25.1 Å². The van der Waals surface area contributed by atoms with Crippen molar-refractivity contribution in [3.63, 3.8) is 0 Å². The molecule has 3 aromatic rings. The Morgan fingerprint density at radius 2 is 1.97 bits per heavy atom. The minimum absolute atomic E-state index is 0.211. The van der Waals surface area contributed by atoms with Gasteiger partial charge in [0, 0.05) is 23.4 Å². The van der Waals surface area contributed by atoms with Crippen LogP contribution in [0.2, 0.25) is 5.02 Å². The fourth-order valence-electron chi connectivity index (χ4n) is 3.32. The number of rotatable bonds is 9. The first-order chi connectivity index (χ1) is 14.5. The van der Waals surface area contributed by atoms with Crippen LogP contribution in [-0.2, 0) is 22.6 Å². The number of carbonyl (C=O) groups is 2. The van der Waals surface area contributed by atoms with Crippen LogP contribution in [0.1, 0.15) is 24.5 Å². The first-order valence-electron chi connectivity index (χ1n) is 9.58. The maximum atomic E-state index is 12.8. The van der Waals surface area contributed by atoms with Gasteiger partial charge in [-0.1, -0.05) is 48.9 Å². The van der Waals surface area contributed by atoms with Crippen molar-refractivity contribution < 1.29 is 9.59 Å². The molecule has 0 aliphatic carbocycles. The van der Waals surface area contributed by atoms with Crippen LogP contribution in [0, 0.1) is 11.8 Å². The molecule has 0 spiro atoms. The molecule has 2 atom stereocenters.